The zero-order valence-electron chi connectivity index (χ0n) is 16.7. The third-order valence-electron chi connectivity index (χ3n) is 6.22. The lowest BCUT2D eigenvalue weighted by Gasteiger charge is -2.19. The van der Waals surface area contributed by atoms with E-state index in [2.05, 4.69) is 40.1 Å². The summed E-state index contributed by atoms with van der Waals surface area (Å²) in [5.74, 6) is 0.731. The predicted octanol–water partition coefficient (Wildman–Crippen LogP) is 5.55. The van der Waals surface area contributed by atoms with E-state index in [4.69, 9.17) is 4.99 Å². The first-order chi connectivity index (χ1) is 14.1. The molecule has 0 amide bonds. The first-order valence-electron chi connectivity index (χ1n) is 10.5. The van der Waals surface area contributed by atoms with Gasteiger partial charge in [-0.15, -0.1) is 11.3 Å². The molecule has 6 heteroatoms. The zero-order chi connectivity index (χ0) is 20.0. The molecule has 150 valence electrons. The van der Waals surface area contributed by atoms with E-state index >= 15 is 0 Å². The van der Waals surface area contributed by atoms with Crippen molar-refractivity contribution in [1.29, 1.82) is 0 Å². The van der Waals surface area contributed by atoms with Gasteiger partial charge in [0.25, 0.3) is 0 Å². The maximum Gasteiger partial charge on any atom is 0.171 e. The average Bonchev–Trinajstić information content (AvgIpc) is 3.28. The van der Waals surface area contributed by atoms with Gasteiger partial charge in [0.15, 0.2) is 5.78 Å². The highest BCUT2D eigenvalue weighted by molar-refractivity contribution is 7.21. The quantitative estimate of drug-likeness (QED) is 0.232. The molecular weight excluding hydrogens is 380 g/mol. The van der Waals surface area contributed by atoms with Gasteiger partial charge in [0.2, 0.25) is 0 Å². The number of allylic oxidation sites excluding steroid dienone is 1. The number of hydrogen-bond donors (Lipinski definition) is 1. The van der Waals surface area contributed by atoms with Crippen molar-refractivity contribution in [1.82, 2.24) is 4.98 Å². The highest BCUT2D eigenvalue weighted by Crippen LogP contribution is 2.48. The number of Topliss-reactive ketones (excluding diaryl/α,β-unsaturated/α-hetero) is 1. The molecule has 1 aliphatic heterocycles. The van der Waals surface area contributed by atoms with Gasteiger partial charge >= 0.3 is 0 Å². The Balaban J connectivity index is 1.47. The molecule has 0 saturated heterocycles. The van der Waals surface area contributed by atoms with Crippen molar-refractivity contribution in [2.75, 3.05) is 10.2 Å². The first kappa shape index (κ1) is 18.6. The van der Waals surface area contributed by atoms with Crippen molar-refractivity contribution in [3.8, 4) is 0 Å². The number of aliphatic imine (C=N–C) groups is 1. The van der Waals surface area contributed by atoms with Gasteiger partial charge in [-0.3, -0.25) is 9.79 Å². The van der Waals surface area contributed by atoms with E-state index in [-0.39, 0.29) is 5.78 Å². The van der Waals surface area contributed by atoms with Crippen LogP contribution in [0.3, 0.4) is 0 Å². The predicted molar refractivity (Wildman–Crippen MR) is 121 cm³/mol. The molecule has 3 aliphatic rings. The van der Waals surface area contributed by atoms with Gasteiger partial charge < -0.3 is 10.2 Å². The lowest BCUT2D eigenvalue weighted by atomic mass is 10.1. The number of fused-ring (bicyclic) bond motifs is 2. The number of carbonyl (C=O) groups is 1. The van der Waals surface area contributed by atoms with E-state index in [0.717, 1.165) is 58.6 Å². The number of ketones is 1. The summed E-state index contributed by atoms with van der Waals surface area (Å²) in [7, 11) is 0. The third kappa shape index (κ3) is 3.50. The normalized spacial score (nSPS) is 26.2. The number of thiophene rings is 1. The van der Waals surface area contributed by atoms with Crippen LogP contribution in [-0.4, -0.2) is 29.2 Å². The molecule has 0 spiro atoms. The van der Waals surface area contributed by atoms with Gasteiger partial charge in [-0.05, 0) is 44.6 Å². The van der Waals surface area contributed by atoms with Crippen molar-refractivity contribution in [2.45, 2.75) is 57.5 Å². The molecule has 2 aromatic heterocycles. The van der Waals surface area contributed by atoms with E-state index in [0.29, 0.717) is 18.0 Å². The van der Waals surface area contributed by atoms with Crippen LogP contribution in [0.5, 0.6) is 0 Å². The van der Waals surface area contributed by atoms with Gasteiger partial charge in [0, 0.05) is 31.3 Å². The molecule has 2 aromatic rings. The number of carbonyl (C=O) groups excluding carboxylic acids is 1. The van der Waals surface area contributed by atoms with Crippen LogP contribution in [0.1, 0.15) is 55.1 Å². The molecule has 0 aromatic carbocycles. The fourth-order valence-electron chi connectivity index (χ4n) is 4.49. The highest BCUT2D eigenvalue weighted by atomic mass is 32.1. The zero-order valence-corrected chi connectivity index (χ0v) is 17.5. The Bertz CT molecular complexity index is 1040. The fraction of sp³-hybridized carbons (Fsp3) is 0.435. The summed E-state index contributed by atoms with van der Waals surface area (Å²) in [4.78, 5) is 25.6. The highest BCUT2D eigenvalue weighted by Gasteiger charge is 2.44. The SMILES string of the molecule is C=C1CCCC(N=CNc2c(C(C)=O)sc3nccc(N4C=CC5CC54)c23)CC1. The van der Waals surface area contributed by atoms with Crippen LogP contribution >= 0.6 is 11.3 Å². The van der Waals surface area contributed by atoms with Crippen molar-refractivity contribution in [3.05, 3.63) is 41.6 Å². The van der Waals surface area contributed by atoms with Gasteiger partial charge in [0.1, 0.15) is 4.83 Å². The summed E-state index contributed by atoms with van der Waals surface area (Å²) in [6, 6.07) is 2.93. The van der Waals surface area contributed by atoms with E-state index in [9.17, 15) is 4.79 Å². The first-order valence-corrected chi connectivity index (χ1v) is 11.3. The summed E-state index contributed by atoms with van der Waals surface area (Å²) in [5, 5.41) is 4.40. The Hall–Kier alpha value is -2.47. The van der Waals surface area contributed by atoms with Gasteiger partial charge in [-0.2, -0.15) is 0 Å². The van der Waals surface area contributed by atoms with Crippen LogP contribution in [0.25, 0.3) is 10.2 Å². The van der Waals surface area contributed by atoms with Gasteiger partial charge in [-0.1, -0.05) is 18.2 Å². The average molecular weight is 407 g/mol. The van der Waals surface area contributed by atoms with E-state index in [1.54, 1.807) is 13.3 Å². The number of hydrogen-bond acceptors (Lipinski definition) is 5. The molecule has 2 aliphatic carbocycles. The topological polar surface area (TPSA) is 57.6 Å². The minimum atomic E-state index is 0.0573. The van der Waals surface area contributed by atoms with Crippen LogP contribution in [0.4, 0.5) is 11.4 Å². The third-order valence-corrected chi connectivity index (χ3v) is 7.42. The standard InChI is InChI=1S/C23H26N4OS/c1-14-4-3-5-17(7-6-14)25-13-26-21-20-18(27-11-9-16-12-19(16)27)8-10-24-23(20)29-22(21)15(2)28/h8-11,13,16-17,19H,1,3-7,12H2,2H3,(H,25,26). The number of rotatable bonds is 5. The second-order valence-electron chi connectivity index (χ2n) is 8.35. The summed E-state index contributed by atoms with van der Waals surface area (Å²) in [5.41, 5.74) is 3.31. The number of nitrogens with one attached hydrogen (secondary N) is 1. The summed E-state index contributed by atoms with van der Waals surface area (Å²) in [6.45, 7) is 5.75. The van der Waals surface area contributed by atoms with Crippen molar-refractivity contribution < 1.29 is 4.79 Å². The van der Waals surface area contributed by atoms with Crippen LogP contribution in [0.2, 0.25) is 0 Å². The molecule has 2 saturated carbocycles. The van der Waals surface area contributed by atoms with Crippen LogP contribution in [0, 0.1) is 5.92 Å². The van der Waals surface area contributed by atoms with Crippen molar-refractivity contribution >= 4 is 45.0 Å². The minimum absolute atomic E-state index is 0.0573. The molecule has 5 nitrogen and oxygen atoms in total. The molecule has 1 N–H and O–H groups in total. The van der Waals surface area contributed by atoms with E-state index in [1.165, 1.54) is 23.3 Å². The smallest absolute Gasteiger partial charge is 0.171 e. The summed E-state index contributed by atoms with van der Waals surface area (Å²) in [6.07, 6.45) is 14.8. The molecule has 3 heterocycles. The van der Waals surface area contributed by atoms with Crippen LogP contribution in [-0.2, 0) is 0 Å². The Morgan fingerprint density at radius 1 is 1.41 bits per heavy atom. The van der Waals surface area contributed by atoms with Crippen LogP contribution in [0.15, 0.2) is 41.7 Å². The molecule has 0 radical (unpaired) electrons. The van der Waals surface area contributed by atoms with Crippen LogP contribution < -0.4 is 10.2 Å². The van der Waals surface area contributed by atoms with Crippen molar-refractivity contribution in [3.63, 3.8) is 0 Å². The number of nitrogens with zero attached hydrogens (tertiary/aromatic N) is 3. The Kier molecular flexibility index (Phi) is 4.74. The fourth-order valence-corrected chi connectivity index (χ4v) is 5.51. The molecule has 3 unspecified atom stereocenters. The Morgan fingerprint density at radius 2 is 2.31 bits per heavy atom. The largest absolute Gasteiger partial charge is 0.345 e. The van der Waals surface area contributed by atoms with Gasteiger partial charge in [-0.25, -0.2) is 4.98 Å². The summed E-state index contributed by atoms with van der Waals surface area (Å²) >= 11 is 1.46. The molecule has 2 fully saturated rings. The molecule has 0 bridgehead atoms. The number of anilines is 2. The maximum atomic E-state index is 12.3. The lowest BCUT2D eigenvalue weighted by Crippen LogP contribution is -2.17. The Labute approximate surface area is 175 Å². The monoisotopic (exact) mass is 406 g/mol. The molecule has 3 atom stereocenters. The van der Waals surface area contributed by atoms with Crippen molar-refractivity contribution in [2.24, 2.45) is 10.9 Å². The Morgan fingerprint density at radius 3 is 3.07 bits per heavy atom. The number of aromatic nitrogens is 1. The molecule has 29 heavy (non-hydrogen) atoms. The maximum absolute atomic E-state index is 12.3. The second-order valence-corrected chi connectivity index (χ2v) is 9.34. The second kappa shape index (κ2) is 7.41. The van der Waals surface area contributed by atoms with E-state index < -0.39 is 0 Å². The summed E-state index contributed by atoms with van der Waals surface area (Å²) < 4.78 is 0. The molecular formula is C23H26N4OS. The number of pyridine rings is 1. The lowest BCUT2D eigenvalue weighted by molar-refractivity contribution is 0.102. The van der Waals surface area contributed by atoms with E-state index in [1.807, 2.05) is 6.20 Å². The van der Waals surface area contributed by atoms with Gasteiger partial charge in [0.05, 0.1) is 34.0 Å². The minimum Gasteiger partial charge on any atom is -0.345 e. The molecule has 5 rings (SSSR count).